The van der Waals surface area contributed by atoms with Crippen molar-refractivity contribution >= 4 is 63.6 Å². The van der Waals surface area contributed by atoms with Gasteiger partial charge in [0.2, 0.25) is 11.8 Å². The molecule has 1 fully saturated rings. The van der Waals surface area contributed by atoms with E-state index in [0.29, 0.717) is 15.9 Å². The molecule has 9 heteroatoms. The lowest BCUT2D eigenvalue weighted by Gasteiger charge is -2.07. The van der Waals surface area contributed by atoms with Gasteiger partial charge < -0.3 is 10.6 Å². The number of nitrogens with zero attached hydrogens (tertiary/aromatic N) is 2. The minimum absolute atomic E-state index is 0.0484. The zero-order valence-electron chi connectivity index (χ0n) is 12.8. The molecule has 0 saturated carbocycles. The summed E-state index contributed by atoms with van der Waals surface area (Å²) in [5.74, 6) is -0.500. The molecule has 128 valence electrons. The van der Waals surface area contributed by atoms with E-state index >= 15 is 0 Å². The Morgan fingerprint density at radius 3 is 2.84 bits per heavy atom. The van der Waals surface area contributed by atoms with Crippen LogP contribution in [0.5, 0.6) is 0 Å². The van der Waals surface area contributed by atoms with Crippen molar-refractivity contribution in [3.8, 4) is 0 Å². The highest BCUT2D eigenvalue weighted by molar-refractivity contribution is 8.15. The third-order valence-electron chi connectivity index (χ3n) is 3.15. The molecule has 2 N–H and O–H groups in total. The Morgan fingerprint density at radius 2 is 2.12 bits per heavy atom. The Morgan fingerprint density at radius 1 is 1.32 bits per heavy atom. The molecule has 6 nitrogen and oxygen atoms in total. The highest BCUT2D eigenvalue weighted by Gasteiger charge is 2.32. The Hall–Kier alpha value is -2.16. The van der Waals surface area contributed by atoms with Gasteiger partial charge in [0.15, 0.2) is 5.17 Å². The molecule has 0 radical (unpaired) electrons. The minimum Gasteiger partial charge on any atom is -0.326 e. The summed E-state index contributed by atoms with van der Waals surface area (Å²) >= 11 is 8.54. The second-order valence-corrected chi connectivity index (χ2v) is 7.63. The van der Waals surface area contributed by atoms with Gasteiger partial charge in [0.1, 0.15) is 5.25 Å². The number of thiophene rings is 1. The van der Waals surface area contributed by atoms with Gasteiger partial charge in [-0.3, -0.25) is 9.59 Å². The third-order valence-corrected chi connectivity index (χ3v) is 5.28. The van der Waals surface area contributed by atoms with Gasteiger partial charge in [0.25, 0.3) is 0 Å². The Kier molecular flexibility index (Phi) is 5.85. The van der Waals surface area contributed by atoms with E-state index in [1.54, 1.807) is 41.8 Å². The molecule has 1 saturated heterocycles. The van der Waals surface area contributed by atoms with Crippen LogP contribution in [0, 0.1) is 0 Å². The normalized spacial score (nSPS) is 18.7. The number of nitrogens with one attached hydrogen (secondary N) is 2. The second kappa shape index (κ2) is 8.28. The Bertz CT molecular complexity index is 819. The fourth-order valence-electron chi connectivity index (χ4n) is 2.00. The van der Waals surface area contributed by atoms with Crippen LogP contribution in [-0.4, -0.2) is 28.4 Å². The number of carbonyl (C=O) groups excluding carboxylic acids is 2. The summed E-state index contributed by atoms with van der Waals surface area (Å²) in [5.41, 5.74) is 0.632. The summed E-state index contributed by atoms with van der Waals surface area (Å²) in [6.07, 6.45) is 1.66. The van der Waals surface area contributed by atoms with Gasteiger partial charge in [-0.1, -0.05) is 29.4 Å². The molecule has 0 bridgehead atoms. The van der Waals surface area contributed by atoms with E-state index in [0.717, 1.165) is 4.88 Å². The van der Waals surface area contributed by atoms with Crippen molar-refractivity contribution in [2.45, 2.75) is 11.7 Å². The van der Waals surface area contributed by atoms with Crippen molar-refractivity contribution in [3.63, 3.8) is 0 Å². The van der Waals surface area contributed by atoms with E-state index in [9.17, 15) is 9.59 Å². The Balaban J connectivity index is 1.53. The van der Waals surface area contributed by atoms with Crippen LogP contribution in [0.3, 0.4) is 0 Å². The van der Waals surface area contributed by atoms with Crippen LogP contribution in [0.2, 0.25) is 5.02 Å². The van der Waals surface area contributed by atoms with E-state index in [-0.39, 0.29) is 18.2 Å². The van der Waals surface area contributed by atoms with Crippen LogP contribution in [0.25, 0.3) is 0 Å². The van der Waals surface area contributed by atoms with Crippen LogP contribution in [0.1, 0.15) is 11.3 Å². The highest BCUT2D eigenvalue weighted by atomic mass is 35.5. The van der Waals surface area contributed by atoms with Crippen molar-refractivity contribution in [3.05, 3.63) is 51.7 Å². The van der Waals surface area contributed by atoms with Gasteiger partial charge in [0.05, 0.1) is 6.21 Å². The average molecular weight is 393 g/mol. The van der Waals surface area contributed by atoms with E-state index < -0.39 is 5.25 Å². The number of amidine groups is 1. The van der Waals surface area contributed by atoms with Gasteiger partial charge in [-0.05, 0) is 35.7 Å². The van der Waals surface area contributed by atoms with E-state index in [1.807, 2.05) is 17.5 Å². The number of benzene rings is 1. The Labute approximate surface area is 157 Å². The molecule has 1 aromatic heterocycles. The summed E-state index contributed by atoms with van der Waals surface area (Å²) in [7, 11) is 0. The number of anilines is 1. The molecule has 25 heavy (non-hydrogen) atoms. The van der Waals surface area contributed by atoms with Gasteiger partial charge in [-0.25, -0.2) is 0 Å². The maximum Gasteiger partial charge on any atom is 0.240 e. The molecule has 2 heterocycles. The zero-order valence-corrected chi connectivity index (χ0v) is 15.2. The van der Waals surface area contributed by atoms with Gasteiger partial charge >= 0.3 is 0 Å². The van der Waals surface area contributed by atoms with Gasteiger partial charge in [0, 0.05) is 22.0 Å². The van der Waals surface area contributed by atoms with Gasteiger partial charge in [-0.2, -0.15) is 5.10 Å². The smallest absolute Gasteiger partial charge is 0.240 e. The number of hydrogen-bond donors (Lipinski definition) is 2. The molecular formula is C16H13ClN4O2S2. The largest absolute Gasteiger partial charge is 0.326 e. The summed E-state index contributed by atoms with van der Waals surface area (Å²) in [4.78, 5) is 25.0. The number of thioether (sulfide) groups is 1. The van der Waals surface area contributed by atoms with E-state index in [2.05, 4.69) is 20.8 Å². The topological polar surface area (TPSA) is 82.9 Å². The van der Waals surface area contributed by atoms with Gasteiger partial charge in [-0.15, -0.1) is 16.4 Å². The number of rotatable bonds is 5. The lowest BCUT2D eigenvalue weighted by Crippen LogP contribution is -2.28. The van der Waals surface area contributed by atoms with Crippen molar-refractivity contribution in [1.82, 2.24) is 5.32 Å². The molecule has 1 aromatic carbocycles. The summed E-state index contributed by atoms with van der Waals surface area (Å²) in [5, 5.41) is 15.7. The summed E-state index contributed by atoms with van der Waals surface area (Å²) < 4.78 is 0. The first-order valence-electron chi connectivity index (χ1n) is 7.27. The molecule has 1 atom stereocenters. The SMILES string of the molecule is O=C(C[C@@H]1S/C(=N/N=C\c2cccs2)NC1=O)Nc1ccc(Cl)cc1. The maximum atomic E-state index is 12.1. The maximum absolute atomic E-state index is 12.1. The fraction of sp³-hybridized carbons (Fsp3) is 0.125. The molecule has 2 amide bonds. The molecule has 3 rings (SSSR count). The minimum atomic E-state index is -0.525. The van der Waals surface area contributed by atoms with Crippen LogP contribution in [-0.2, 0) is 9.59 Å². The molecule has 1 aliphatic heterocycles. The van der Waals surface area contributed by atoms with E-state index in [1.165, 1.54) is 11.8 Å². The first-order chi connectivity index (χ1) is 12.1. The van der Waals surface area contributed by atoms with Crippen molar-refractivity contribution in [2.24, 2.45) is 10.2 Å². The number of hydrogen-bond acceptors (Lipinski definition) is 6. The van der Waals surface area contributed by atoms with Crippen LogP contribution in [0.4, 0.5) is 5.69 Å². The zero-order chi connectivity index (χ0) is 17.6. The summed E-state index contributed by atoms with van der Waals surface area (Å²) in [6, 6.07) is 10.6. The predicted molar refractivity (Wildman–Crippen MR) is 104 cm³/mol. The molecule has 0 aliphatic carbocycles. The first-order valence-corrected chi connectivity index (χ1v) is 9.41. The van der Waals surface area contributed by atoms with Crippen LogP contribution in [0.15, 0.2) is 52.0 Å². The lowest BCUT2D eigenvalue weighted by molar-refractivity contribution is -0.122. The quantitative estimate of drug-likeness (QED) is 0.604. The average Bonchev–Trinajstić information content (AvgIpc) is 3.20. The molecule has 0 spiro atoms. The predicted octanol–water partition coefficient (Wildman–Crippen LogP) is 3.35. The molecule has 0 unspecified atom stereocenters. The molecule has 2 aromatic rings. The van der Waals surface area contributed by atoms with Crippen molar-refractivity contribution in [2.75, 3.05) is 5.32 Å². The molecular weight excluding hydrogens is 380 g/mol. The first kappa shape index (κ1) is 17.7. The highest BCUT2D eigenvalue weighted by Crippen LogP contribution is 2.23. The van der Waals surface area contributed by atoms with Crippen molar-refractivity contribution in [1.29, 1.82) is 0 Å². The fourth-order valence-corrected chi connectivity index (χ4v) is 3.63. The molecule has 1 aliphatic rings. The monoisotopic (exact) mass is 392 g/mol. The van der Waals surface area contributed by atoms with Crippen molar-refractivity contribution < 1.29 is 9.59 Å². The number of amides is 2. The lowest BCUT2D eigenvalue weighted by atomic mass is 10.2. The van der Waals surface area contributed by atoms with Crippen LogP contribution >= 0.6 is 34.7 Å². The van der Waals surface area contributed by atoms with Crippen LogP contribution < -0.4 is 10.6 Å². The second-order valence-electron chi connectivity index (χ2n) is 5.02. The standard InChI is InChI=1S/C16H13ClN4O2S2/c17-10-3-5-11(6-4-10)19-14(22)8-13-15(23)20-16(25-13)21-18-9-12-2-1-7-24-12/h1-7,9,13H,8H2,(H,19,22)(H,20,21,23)/b18-9-/t13-/m0/s1. The number of carbonyl (C=O) groups is 2. The number of halogens is 1. The summed E-state index contributed by atoms with van der Waals surface area (Å²) in [6.45, 7) is 0. The van der Waals surface area contributed by atoms with E-state index in [4.69, 9.17) is 11.6 Å². The third kappa shape index (κ3) is 5.15.